The molecule has 1 fully saturated rings. The maximum Gasteiger partial charge on any atom is 0.331 e. The van der Waals surface area contributed by atoms with Gasteiger partial charge in [0.1, 0.15) is 5.54 Å². The number of Topliss-reactive ketones (excluding diaryl/α,β-unsaturated/α-hetero) is 1. The molecule has 2 rings (SSSR count). The summed E-state index contributed by atoms with van der Waals surface area (Å²) in [5, 5.41) is 2.82. The second-order valence-corrected chi connectivity index (χ2v) is 5.97. The number of esters is 1. The van der Waals surface area contributed by atoms with Gasteiger partial charge in [0.2, 0.25) is 5.91 Å². The Bertz CT molecular complexity index is 562. The molecule has 5 nitrogen and oxygen atoms in total. The van der Waals surface area contributed by atoms with E-state index in [1.54, 1.807) is 24.3 Å². The van der Waals surface area contributed by atoms with Crippen molar-refractivity contribution >= 4 is 17.7 Å². The standard InChI is InChI=1S/C18H23NO4/c1-23-17(22)18(12-6-3-7-13-18)19-16(21)11-10-15(20)14-8-4-2-5-9-14/h2,4-5,8-9H,3,6-7,10-13H2,1H3,(H,19,21). The predicted octanol–water partition coefficient (Wildman–Crippen LogP) is 2.64. The van der Waals surface area contributed by atoms with Crippen LogP contribution in [0.5, 0.6) is 0 Å². The topological polar surface area (TPSA) is 72.5 Å². The van der Waals surface area contributed by atoms with Crippen LogP contribution in [0.3, 0.4) is 0 Å². The Balaban J connectivity index is 1.92. The summed E-state index contributed by atoms with van der Waals surface area (Å²) in [6.45, 7) is 0. The van der Waals surface area contributed by atoms with E-state index in [-0.39, 0.29) is 30.5 Å². The summed E-state index contributed by atoms with van der Waals surface area (Å²) < 4.78 is 4.87. The number of amides is 1. The van der Waals surface area contributed by atoms with Crippen molar-refractivity contribution < 1.29 is 19.1 Å². The molecule has 0 bridgehead atoms. The minimum absolute atomic E-state index is 0.0727. The molecule has 1 amide bonds. The van der Waals surface area contributed by atoms with Gasteiger partial charge in [-0.3, -0.25) is 9.59 Å². The molecule has 0 atom stereocenters. The maximum atomic E-state index is 12.2. The van der Waals surface area contributed by atoms with Crippen molar-refractivity contribution in [1.82, 2.24) is 5.32 Å². The molecule has 1 aromatic carbocycles. The number of carbonyl (C=O) groups excluding carboxylic acids is 3. The molecule has 1 aliphatic rings. The van der Waals surface area contributed by atoms with Crippen LogP contribution in [0.25, 0.3) is 0 Å². The zero-order chi connectivity index (χ0) is 16.7. The normalized spacial score (nSPS) is 16.4. The number of ether oxygens (including phenoxy) is 1. The minimum atomic E-state index is -0.917. The largest absolute Gasteiger partial charge is 0.467 e. The van der Waals surface area contributed by atoms with Crippen molar-refractivity contribution in [2.75, 3.05) is 7.11 Å². The molecule has 0 aromatic heterocycles. The summed E-state index contributed by atoms with van der Waals surface area (Å²) in [6.07, 6.45) is 4.23. The SMILES string of the molecule is COC(=O)C1(NC(=O)CCC(=O)c2ccccc2)CCCCC1. The van der Waals surface area contributed by atoms with Gasteiger partial charge in [0.15, 0.2) is 5.78 Å². The van der Waals surface area contributed by atoms with Crippen LogP contribution in [0.4, 0.5) is 0 Å². The van der Waals surface area contributed by atoms with Crippen molar-refractivity contribution in [2.45, 2.75) is 50.5 Å². The maximum absolute atomic E-state index is 12.2. The third-order valence-electron chi connectivity index (χ3n) is 4.34. The van der Waals surface area contributed by atoms with E-state index in [1.807, 2.05) is 6.07 Å². The van der Waals surface area contributed by atoms with Crippen molar-refractivity contribution in [3.63, 3.8) is 0 Å². The van der Waals surface area contributed by atoms with Crippen LogP contribution >= 0.6 is 0 Å². The lowest BCUT2D eigenvalue weighted by molar-refractivity contribution is -0.152. The highest BCUT2D eigenvalue weighted by atomic mass is 16.5. The van der Waals surface area contributed by atoms with Gasteiger partial charge in [-0.05, 0) is 12.8 Å². The average Bonchev–Trinajstić information content (AvgIpc) is 2.60. The van der Waals surface area contributed by atoms with Gasteiger partial charge < -0.3 is 10.1 Å². The van der Waals surface area contributed by atoms with Gasteiger partial charge in [0.05, 0.1) is 7.11 Å². The molecule has 0 unspecified atom stereocenters. The van der Waals surface area contributed by atoms with Gasteiger partial charge in [-0.1, -0.05) is 49.6 Å². The number of methoxy groups -OCH3 is 1. The lowest BCUT2D eigenvalue weighted by Crippen LogP contribution is -2.56. The second-order valence-electron chi connectivity index (χ2n) is 5.97. The highest BCUT2D eigenvalue weighted by Crippen LogP contribution is 2.29. The Morgan fingerprint density at radius 1 is 1.04 bits per heavy atom. The molecule has 1 N–H and O–H groups in total. The molecule has 5 heteroatoms. The number of hydrogen-bond donors (Lipinski definition) is 1. The summed E-state index contributed by atoms with van der Waals surface area (Å²) >= 11 is 0. The number of ketones is 1. The third kappa shape index (κ3) is 4.41. The second kappa shape index (κ2) is 7.90. The van der Waals surface area contributed by atoms with Crippen LogP contribution in [0.2, 0.25) is 0 Å². The van der Waals surface area contributed by atoms with Crippen LogP contribution < -0.4 is 5.32 Å². The van der Waals surface area contributed by atoms with Crippen LogP contribution in [-0.4, -0.2) is 30.3 Å². The zero-order valence-electron chi connectivity index (χ0n) is 13.5. The first kappa shape index (κ1) is 17.2. The van der Waals surface area contributed by atoms with Crippen LogP contribution in [0, 0.1) is 0 Å². The summed E-state index contributed by atoms with van der Waals surface area (Å²) in [7, 11) is 1.34. The van der Waals surface area contributed by atoms with Gasteiger partial charge in [0, 0.05) is 18.4 Å². The first-order valence-electron chi connectivity index (χ1n) is 8.05. The van der Waals surface area contributed by atoms with E-state index in [2.05, 4.69) is 5.32 Å². The fourth-order valence-corrected chi connectivity index (χ4v) is 3.06. The highest BCUT2D eigenvalue weighted by molar-refractivity contribution is 5.98. The smallest absolute Gasteiger partial charge is 0.331 e. The predicted molar refractivity (Wildman–Crippen MR) is 86.0 cm³/mol. The number of nitrogens with one attached hydrogen (secondary N) is 1. The fourth-order valence-electron chi connectivity index (χ4n) is 3.06. The molecule has 0 saturated heterocycles. The third-order valence-corrected chi connectivity index (χ3v) is 4.34. The number of rotatable bonds is 6. The van der Waals surface area contributed by atoms with Crippen molar-refractivity contribution in [3.05, 3.63) is 35.9 Å². The zero-order valence-corrected chi connectivity index (χ0v) is 13.5. The number of carbonyl (C=O) groups is 3. The van der Waals surface area contributed by atoms with E-state index in [1.165, 1.54) is 7.11 Å². The first-order valence-corrected chi connectivity index (χ1v) is 8.05. The number of hydrogen-bond acceptors (Lipinski definition) is 4. The van der Waals surface area contributed by atoms with Gasteiger partial charge in [-0.25, -0.2) is 4.79 Å². The summed E-state index contributed by atoms with van der Waals surface area (Å²) in [6, 6.07) is 8.89. The molecule has 1 aliphatic carbocycles. The summed E-state index contributed by atoms with van der Waals surface area (Å²) in [4.78, 5) is 36.3. The Morgan fingerprint density at radius 2 is 1.70 bits per heavy atom. The monoisotopic (exact) mass is 317 g/mol. The number of benzene rings is 1. The van der Waals surface area contributed by atoms with E-state index >= 15 is 0 Å². The molecule has 0 aliphatic heterocycles. The molecule has 124 valence electrons. The highest BCUT2D eigenvalue weighted by Gasteiger charge is 2.41. The molecule has 23 heavy (non-hydrogen) atoms. The van der Waals surface area contributed by atoms with E-state index in [4.69, 9.17) is 4.74 Å². The van der Waals surface area contributed by atoms with Crippen LogP contribution in [0.1, 0.15) is 55.3 Å². The van der Waals surface area contributed by atoms with Crippen LogP contribution in [-0.2, 0) is 14.3 Å². The van der Waals surface area contributed by atoms with E-state index < -0.39 is 5.54 Å². The van der Waals surface area contributed by atoms with Crippen molar-refractivity contribution in [1.29, 1.82) is 0 Å². The fraction of sp³-hybridized carbons (Fsp3) is 0.500. The molecule has 1 aromatic rings. The van der Waals surface area contributed by atoms with Crippen molar-refractivity contribution in [2.24, 2.45) is 0 Å². The molecular weight excluding hydrogens is 294 g/mol. The van der Waals surface area contributed by atoms with E-state index in [0.29, 0.717) is 18.4 Å². The molecule has 1 saturated carbocycles. The van der Waals surface area contributed by atoms with Crippen molar-refractivity contribution in [3.8, 4) is 0 Å². The van der Waals surface area contributed by atoms with E-state index in [9.17, 15) is 14.4 Å². The lowest BCUT2D eigenvalue weighted by Gasteiger charge is -2.35. The lowest BCUT2D eigenvalue weighted by atomic mass is 9.81. The summed E-state index contributed by atoms with van der Waals surface area (Å²) in [5.41, 5.74) is -0.319. The molecular formula is C18H23NO4. The van der Waals surface area contributed by atoms with Gasteiger partial charge >= 0.3 is 5.97 Å². The Morgan fingerprint density at radius 3 is 2.30 bits per heavy atom. The molecule has 0 heterocycles. The Hall–Kier alpha value is -2.17. The van der Waals surface area contributed by atoms with Crippen LogP contribution in [0.15, 0.2) is 30.3 Å². The van der Waals surface area contributed by atoms with Gasteiger partial charge in [-0.2, -0.15) is 0 Å². The Labute approximate surface area is 136 Å². The quantitative estimate of drug-likeness (QED) is 0.646. The molecule has 0 spiro atoms. The van der Waals surface area contributed by atoms with Gasteiger partial charge in [0.25, 0.3) is 0 Å². The minimum Gasteiger partial charge on any atom is -0.467 e. The summed E-state index contributed by atoms with van der Waals surface area (Å²) in [5.74, 6) is -0.738. The average molecular weight is 317 g/mol. The van der Waals surface area contributed by atoms with E-state index in [0.717, 1.165) is 19.3 Å². The first-order chi connectivity index (χ1) is 11.1. The Kier molecular flexibility index (Phi) is 5.90. The van der Waals surface area contributed by atoms with Gasteiger partial charge in [-0.15, -0.1) is 0 Å². The molecule has 0 radical (unpaired) electrons.